The van der Waals surface area contributed by atoms with E-state index in [0.717, 1.165) is 0 Å². The second-order valence-corrected chi connectivity index (χ2v) is 6.03. The van der Waals surface area contributed by atoms with Crippen molar-refractivity contribution in [2.24, 2.45) is 0 Å². The van der Waals surface area contributed by atoms with E-state index in [4.69, 9.17) is 0 Å². The average molecular weight is 279 g/mol. The first-order chi connectivity index (χ1) is 6.43. The van der Waals surface area contributed by atoms with Gasteiger partial charge in [-0.3, -0.25) is 4.72 Å². The Balaban J connectivity index is 2.96. The van der Waals surface area contributed by atoms with Crippen LogP contribution in [0.2, 0.25) is 0 Å². The van der Waals surface area contributed by atoms with Crippen molar-refractivity contribution in [2.45, 2.75) is 19.1 Å². The second-order valence-electron chi connectivity index (χ2n) is 3.04. The highest BCUT2D eigenvalue weighted by molar-refractivity contribution is 9.10. The summed E-state index contributed by atoms with van der Waals surface area (Å²) in [6.07, 6.45) is 1.58. The van der Waals surface area contributed by atoms with Gasteiger partial charge < -0.3 is 0 Å². The third-order valence-electron chi connectivity index (χ3n) is 1.63. The molecule has 0 aromatic carbocycles. The number of sulfonamides is 1. The number of anilines is 1. The molecule has 0 aliphatic rings. The number of pyridine rings is 1. The van der Waals surface area contributed by atoms with E-state index in [1.165, 1.54) is 0 Å². The Morgan fingerprint density at radius 2 is 2.14 bits per heavy atom. The molecule has 0 unspecified atom stereocenters. The molecule has 0 saturated heterocycles. The Morgan fingerprint density at radius 1 is 1.50 bits per heavy atom. The SMILES string of the molecule is CC(C)S(=O)(=O)Nc1cccnc1Br. The number of hydrogen-bond acceptors (Lipinski definition) is 3. The number of hydrogen-bond donors (Lipinski definition) is 1. The molecule has 0 bridgehead atoms. The lowest BCUT2D eigenvalue weighted by molar-refractivity contribution is 0.592. The maximum Gasteiger partial charge on any atom is 0.235 e. The highest BCUT2D eigenvalue weighted by Crippen LogP contribution is 2.20. The van der Waals surface area contributed by atoms with Gasteiger partial charge in [0, 0.05) is 6.20 Å². The third-order valence-corrected chi connectivity index (χ3v) is 4.01. The quantitative estimate of drug-likeness (QED) is 0.861. The molecule has 14 heavy (non-hydrogen) atoms. The highest BCUT2D eigenvalue weighted by atomic mass is 79.9. The van der Waals surface area contributed by atoms with E-state index >= 15 is 0 Å². The van der Waals surface area contributed by atoms with E-state index in [0.29, 0.717) is 10.3 Å². The Bertz CT molecular complexity index is 417. The van der Waals surface area contributed by atoms with Crippen LogP contribution in [0.3, 0.4) is 0 Å². The van der Waals surface area contributed by atoms with Gasteiger partial charge in [0.1, 0.15) is 4.60 Å². The van der Waals surface area contributed by atoms with Crippen LogP contribution in [0.4, 0.5) is 5.69 Å². The Hall–Kier alpha value is -0.620. The molecular formula is C8H11BrN2O2S. The van der Waals surface area contributed by atoms with Crippen molar-refractivity contribution in [1.82, 2.24) is 4.98 Å². The summed E-state index contributed by atoms with van der Waals surface area (Å²) in [5.41, 5.74) is 0.459. The molecule has 1 N–H and O–H groups in total. The van der Waals surface area contributed by atoms with Gasteiger partial charge in [-0.15, -0.1) is 0 Å². The molecule has 0 aliphatic heterocycles. The summed E-state index contributed by atoms with van der Waals surface area (Å²) < 4.78 is 25.9. The molecule has 0 amide bonds. The molecule has 1 heterocycles. The van der Waals surface area contributed by atoms with Crippen LogP contribution in [-0.4, -0.2) is 18.7 Å². The fourth-order valence-electron chi connectivity index (χ4n) is 0.733. The summed E-state index contributed by atoms with van der Waals surface area (Å²) in [4.78, 5) is 3.91. The molecule has 1 aromatic rings. The van der Waals surface area contributed by atoms with E-state index in [-0.39, 0.29) is 0 Å². The Kier molecular flexibility index (Phi) is 3.49. The van der Waals surface area contributed by atoms with Crippen LogP contribution < -0.4 is 4.72 Å². The van der Waals surface area contributed by atoms with Gasteiger partial charge in [0.25, 0.3) is 0 Å². The lowest BCUT2D eigenvalue weighted by Crippen LogP contribution is -2.22. The number of rotatable bonds is 3. The van der Waals surface area contributed by atoms with Crippen LogP contribution >= 0.6 is 15.9 Å². The molecule has 0 fully saturated rings. The molecule has 1 aromatic heterocycles. The van der Waals surface area contributed by atoms with Gasteiger partial charge in [-0.05, 0) is 41.9 Å². The van der Waals surface area contributed by atoms with Crippen LogP contribution in [0.15, 0.2) is 22.9 Å². The van der Waals surface area contributed by atoms with Crippen molar-refractivity contribution < 1.29 is 8.42 Å². The van der Waals surface area contributed by atoms with E-state index in [1.807, 2.05) is 0 Å². The van der Waals surface area contributed by atoms with E-state index < -0.39 is 15.3 Å². The van der Waals surface area contributed by atoms with Crippen molar-refractivity contribution in [1.29, 1.82) is 0 Å². The number of halogens is 1. The summed E-state index contributed by atoms with van der Waals surface area (Å²) in [5, 5.41) is -0.463. The third kappa shape index (κ3) is 2.68. The van der Waals surface area contributed by atoms with Crippen molar-refractivity contribution in [2.75, 3.05) is 4.72 Å². The maximum atomic E-state index is 11.5. The maximum absolute atomic E-state index is 11.5. The van der Waals surface area contributed by atoms with Crippen LogP contribution in [0.1, 0.15) is 13.8 Å². The number of aromatic nitrogens is 1. The second kappa shape index (κ2) is 4.27. The molecular weight excluding hydrogens is 268 g/mol. The summed E-state index contributed by atoms with van der Waals surface area (Å²) >= 11 is 3.16. The van der Waals surface area contributed by atoms with Gasteiger partial charge in [0.05, 0.1) is 10.9 Å². The van der Waals surface area contributed by atoms with Crippen LogP contribution in [0, 0.1) is 0 Å². The van der Waals surface area contributed by atoms with Crippen molar-refractivity contribution in [3.8, 4) is 0 Å². The number of nitrogens with one attached hydrogen (secondary N) is 1. The zero-order valence-electron chi connectivity index (χ0n) is 7.86. The van der Waals surface area contributed by atoms with Crippen molar-refractivity contribution in [3.05, 3.63) is 22.9 Å². The smallest absolute Gasteiger partial charge is 0.235 e. The Morgan fingerprint density at radius 3 is 2.64 bits per heavy atom. The van der Waals surface area contributed by atoms with Gasteiger partial charge in [0.2, 0.25) is 10.0 Å². The monoisotopic (exact) mass is 278 g/mol. The predicted octanol–water partition coefficient (Wildman–Crippen LogP) is 1.99. The number of nitrogens with zero attached hydrogens (tertiary/aromatic N) is 1. The Labute approximate surface area is 91.9 Å². The average Bonchev–Trinajstić information content (AvgIpc) is 2.08. The van der Waals surface area contributed by atoms with Crippen LogP contribution in [0.5, 0.6) is 0 Å². The first kappa shape index (κ1) is 11.5. The topological polar surface area (TPSA) is 59.1 Å². The van der Waals surface area contributed by atoms with Gasteiger partial charge in [-0.25, -0.2) is 13.4 Å². The molecule has 0 aliphatic carbocycles. The van der Waals surface area contributed by atoms with E-state index in [9.17, 15) is 8.42 Å². The molecule has 0 radical (unpaired) electrons. The largest absolute Gasteiger partial charge is 0.281 e. The normalized spacial score (nSPS) is 11.7. The first-order valence-electron chi connectivity index (χ1n) is 4.05. The minimum absolute atomic E-state index is 0.459. The van der Waals surface area contributed by atoms with Gasteiger partial charge >= 0.3 is 0 Å². The predicted molar refractivity (Wildman–Crippen MR) is 59.6 cm³/mol. The molecule has 6 heteroatoms. The summed E-state index contributed by atoms with van der Waals surface area (Å²) in [6, 6.07) is 3.32. The van der Waals surface area contributed by atoms with Gasteiger partial charge in [-0.1, -0.05) is 0 Å². The highest BCUT2D eigenvalue weighted by Gasteiger charge is 2.16. The van der Waals surface area contributed by atoms with Crippen LogP contribution in [0.25, 0.3) is 0 Å². The standard InChI is InChI=1S/C8H11BrN2O2S/c1-6(2)14(12,13)11-7-4-3-5-10-8(7)9/h3-6,11H,1-2H3. The fraction of sp³-hybridized carbons (Fsp3) is 0.375. The van der Waals surface area contributed by atoms with Crippen molar-refractivity contribution in [3.63, 3.8) is 0 Å². The molecule has 78 valence electrons. The van der Waals surface area contributed by atoms with Crippen LogP contribution in [-0.2, 0) is 10.0 Å². The zero-order chi connectivity index (χ0) is 10.8. The van der Waals surface area contributed by atoms with E-state index in [2.05, 4.69) is 25.6 Å². The minimum Gasteiger partial charge on any atom is -0.281 e. The molecule has 0 atom stereocenters. The molecule has 4 nitrogen and oxygen atoms in total. The van der Waals surface area contributed by atoms with Gasteiger partial charge in [0.15, 0.2) is 0 Å². The molecule has 0 spiro atoms. The lowest BCUT2D eigenvalue weighted by Gasteiger charge is -2.10. The lowest BCUT2D eigenvalue weighted by atomic mass is 10.4. The molecule has 0 saturated carbocycles. The van der Waals surface area contributed by atoms with Gasteiger partial charge in [-0.2, -0.15) is 0 Å². The first-order valence-corrected chi connectivity index (χ1v) is 6.39. The minimum atomic E-state index is -3.29. The molecule has 1 rings (SSSR count). The summed E-state index contributed by atoms with van der Waals surface area (Å²) in [5.74, 6) is 0. The van der Waals surface area contributed by atoms with E-state index in [1.54, 1.807) is 32.2 Å². The fourth-order valence-corrected chi connectivity index (χ4v) is 1.92. The summed E-state index contributed by atoms with van der Waals surface area (Å²) in [6.45, 7) is 3.24. The summed E-state index contributed by atoms with van der Waals surface area (Å²) in [7, 11) is -3.29. The van der Waals surface area contributed by atoms with Crippen molar-refractivity contribution >= 4 is 31.6 Å². The zero-order valence-corrected chi connectivity index (χ0v) is 10.3.